The van der Waals surface area contributed by atoms with Crippen LogP contribution in [0, 0.1) is 0 Å². The van der Waals surface area contributed by atoms with Gasteiger partial charge in [0.2, 0.25) is 5.95 Å². The smallest absolute Gasteiger partial charge is 0.229 e. The summed E-state index contributed by atoms with van der Waals surface area (Å²) in [6, 6.07) is 14.1. The number of pyridine rings is 1. The number of hydrogen-bond donors (Lipinski definition) is 2. The van der Waals surface area contributed by atoms with Gasteiger partial charge in [0, 0.05) is 49.6 Å². The molecule has 0 aliphatic rings. The van der Waals surface area contributed by atoms with E-state index in [0.717, 1.165) is 30.2 Å². The maximum atomic E-state index is 4.51. The highest BCUT2D eigenvalue weighted by Gasteiger charge is 2.03. The number of hydrogen-bond acceptors (Lipinski definition) is 6. The molecular weight excluding hydrogens is 324 g/mol. The summed E-state index contributed by atoms with van der Waals surface area (Å²) in [5, 5.41) is 6.54. The topological polar surface area (TPSA) is 66.0 Å². The van der Waals surface area contributed by atoms with Crippen LogP contribution >= 0.6 is 0 Å². The van der Waals surface area contributed by atoms with Gasteiger partial charge < -0.3 is 15.5 Å². The predicted molar refractivity (Wildman–Crippen MR) is 107 cm³/mol. The molecule has 6 nitrogen and oxygen atoms in total. The summed E-state index contributed by atoms with van der Waals surface area (Å²) in [6.07, 6.45) is 5.34. The Labute approximate surface area is 154 Å². The zero-order valence-electron chi connectivity index (χ0n) is 15.2. The minimum Gasteiger partial charge on any atom is -0.372 e. The zero-order chi connectivity index (χ0) is 18.2. The lowest BCUT2D eigenvalue weighted by Crippen LogP contribution is -2.21. The van der Waals surface area contributed by atoms with Crippen molar-refractivity contribution in [2.24, 2.45) is 0 Å². The molecule has 2 N–H and O–H groups in total. The maximum absolute atomic E-state index is 4.51. The Morgan fingerprint density at radius 1 is 0.962 bits per heavy atom. The Bertz CT molecular complexity index is 800. The third-order valence-corrected chi connectivity index (χ3v) is 4.10. The molecule has 134 valence electrons. The molecule has 0 atom stereocenters. The van der Waals surface area contributed by atoms with Crippen LogP contribution in [-0.2, 0) is 6.54 Å². The highest BCUT2D eigenvalue weighted by atomic mass is 15.1. The van der Waals surface area contributed by atoms with E-state index in [1.54, 1.807) is 12.4 Å². The number of anilines is 4. The van der Waals surface area contributed by atoms with Crippen LogP contribution in [0.4, 0.5) is 23.1 Å². The minimum atomic E-state index is 0.566. The molecule has 0 unspecified atom stereocenters. The van der Waals surface area contributed by atoms with Gasteiger partial charge in [-0.15, -0.1) is 0 Å². The van der Waals surface area contributed by atoms with E-state index in [0.29, 0.717) is 12.5 Å². The van der Waals surface area contributed by atoms with Crippen molar-refractivity contribution in [3.05, 3.63) is 66.6 Å². The molecule has 2 heterocycles. The standard InChI is InChI=1S/C20H24N6/c1-3-26(4-2)18-9-7-17(8-10-18)24-20-22-13-11-19(25-20)23-15-16-6-5-12-21-14-16/h5-14H,3-4,15H2,1-2H3,(H2,22,23,24,25). The van der Waals surface area contributed by atoms with E-state index in [1.165, 1.54) is 5.69 Å². The van der Waals surface area contributed by atoms with E-state index in [1.807, 2.05) is 36.5 Å². The molecule has 6 heteroatoms. The summed E-state index contributed by atoms with van der Waals surface area (Å²) in [7, 11) is 0. The minimum absolute atomic E-state index is 0.566. The molecule has 3 rings (SSSR count). The van der Waals surface area contributed by atoms with E-state index in [4.69, 9.17) is 0 Å². The highest BCUT2D eigenvalue weighted by molar-refractivity contribution is 5.60. The molecule has 1 aromatic carbocycles. The third-order valence-electron chi connectivity index (χ3n) is 4.10. The summed E-state index contributed by atoms with van der Waals surface area (Å²) in [5.41, 5.74) is 3.28. The highest BCUT2D eigenvalue weighted by Crippen LogP contribution is 2.20. The van der Waals surface area contributed by atoms with Crippen LogP contribution in [0.1, 0.15) is 19.4 Å². The summed E-state index contributed by atoms with van der Waals surface area (Å²) >= 11 is 0. The van der Waals surface area contributed by atoms with E-state index in [9.17, 15) is 0 Å². The monoisotopic (exact) mass is 348 g/mol. The van der Waals surface area contributed by atoms with Crippen LogP contribution in [0.15, 0.2) is 61.1 Å². The van der Waals surface area contributed by atoms with Crippen molar-refractivity contribution in [1.82, 2.24) is 15.0 Å². The second-order valence-corrected chi connectivity index (χ2v) is 5.82. The second-order valence-electron chi connectivity index (χ2n) is 5.82. The molecule has 0 bridgehead atoms. The Morgan fingerprint density at radius 3 is 2.46 bits per heavy atom. The first-order valence-electron chi connectivity index (χ1n) is 8.86. The van der Waals surface area contributed by atoms with Gasteiger partial charge in [0.05, 0.1) is 0 Å². The fourth-order valence-corrected chi connectivity index (χ4v) is 2.69. The average Bonchev–Trinajstić information content (AvgIpc) is 2.70. The van der Waals surface area contributed by atoms with E-state index in [-0.39, 0.29) is 0 Å². The summed E-state index contributed by atoms with van der Waals surface area (Å²) in [6.45, 7) is 6.98. The Hall–Kier alpha value is -3.15. The third kappa shape index (κ3) is 4.69. The first kappa shape index (κ1) is 17.7. The lowest BCUT2D eigenvalue weighted by atomic mass is 10.2. The number of nitrogens with zero attached hydrogens (tertiary/aromatic N) is 4. The van der Waals surface area contributed by atoms with Gasteiger partial charge >= 0.3 is 0 Å². The number of aromatic nitrogens is 3. The molecule has 0 aliphatic carbocycles. The van der Waals surface area contributed by atoms with Gasteiger partial charge in [-0.25, -0.2) is 4.98 Å². The molecule has 0 radical (unpaired) electrons. The van der Waals surface area contributed by atoms with Gasteiger partial charge in [0.25, 0.3) is 0 Å². The molecule has 0 amide bonds. The lowest BCUT2D eigenvalue weighted by molar-refractivity contribution is 0.866. The van der Waals surface area contributed by atoms with Gasteiger partial charge in [-0.3, -0.25) is 4.98 Å². The molecular formula is C20H24N6. The van der Waals surface area contributed by atoms with E-state index < -0.39 is 0 Å². The van der Waals surface area contributed by atoms with Crippen molar-refractivity contribution in [2.75, 3.05) is 28.6 Å². The first-order valence-corrected chi connectivity index (χ1v) is 8.86. The molecule has 26 heavy (non-hydrogen) atoms. The van der Waals surface area contributed by atoms with Crippen molar-refractivity contribution >= 4 is 23.1 Å². The van der Waals surface area contributed by atoms with Gasteiger partial charge in [-0.1, -0.05) is 6.07 Å². The van der Waals surface area contributed by atoms with Crippen LogP contribution < -0.4 is 15.5 Å². The van der Waals surface area contributed by atoms with Gasteiger partial charge in [0.15, 0.2) is 0 Å². The second kappa shape index (κ2) is 8.80. The average molecular weight is 348 g/mol. The fourth-order valence-electron chi connectivity index (χ4n) is 2.69. The fraction of sp³-hybridized carbons (Fsp3) is 0.250. The maximum Gasteiger partial charge on any atom is 0.229 e. The van der Waals surface area contributed by atoms with Gasteiger partial charge in [-0.05, 0) is 55.8 Å². The Balaban J connectivity index is 1.63. The molecule has 0 aliphatic heterocycles. The van der Waals surface area contributed by atoms with Crippen molar-refractivity contribution in [3.8, 4) is 0 Å². The number of benzene rings is 1. The molecule has 0 saturated heterocycles. The van der Waals surface area contributed by atoms with Crippen LogP contribution in [0.2, 0.25) is 0 Å². The largest absolute Gasteiger partial charge is 0.372 e. The van der Waals surface area contributed by atoms with Gasteiger partial charge in [0.1, 0.15) is 5.82 Å². The molecule has 2 aromatic heterocycles. The normalized spacial score (nSPS) is 10.4. The van der Waals surface area contributed by atoms with Gasteiger partial charge in [-0.2, -0.15) is 4.98 Å². The van der Waals surface area contributed by atoms with Crippen LogP contribution in [-0.4, -0.2) is 28.0 Å². The summed E-state index contributed by atoms with van der Waals surface area (Å²) in [5.74, 6) is 1.34. The predicted octanol–water partition coefficient (Wildman–Crippen LogP) is 4.07. The number of nitrogens with one attached hydrogen (secondary N) is 2. The Kier molecular flexibility index (Phi) is 5.98. The van der Waals surface area contributed by atoms with Crippen molar-refractivity contribution in [3.63, 3.8) is 0 Å². The van der Waals surface area contributed by atoms with Crippen molar-refractivity contribution in [2.45, 2.75) is 20.4 Å². The van der Waals surface area contributed by atoms with Crippen LogP contribution in [0.5, 0.6) is 0 Å². The van der Waals surface area contributed by atoms with E-state index >= 15 is 0 Å². The zero-order valence-corrected chi connectivity index (χ0v) is 15.2. The molecule has 0 saturated carbocycles. The molecule has 0 fully saturated rings. The first-order chi connectivity index (χ1) is 12.8. The SMILES string of the molecule is CCN(CC)c1ccc(Nc2nccc(NCc3cccnc3)n2)cc1. The molecule has 3 aromatic rings. The Morgan fingerprint density at radius 2 is 1.77 bits per heavy atom. The lowest BCUT2D eigenvalue weighted by Gasteiger charge is -2.21. The van der Waals surface area contributed by atoms with E-state index in [2.05, 4.69) is 56.5 Å². The van der Waals surface area contributed by atoms with Crippen molar-refractivity contribution < 1.29 is 0 Å². The van der Waals surface area contributed by atoms with Crippen LogP contribution in [0.25, 0.3) is 0 Å². The summed E-state index contributed by atoms with van der Waals surface area (Å²) < 4.78 is 0. The van der Waals surface area contributed by atoms with Crippen molar-refractivity contribution in [1.29, 1.82) is 0 Å². The quantitative estimate of drug-likeness (QED) is 0.640. The van der Waals surface area contributed by atoms with Crippen LogP contribution in [0.3, 0.4) is 0 Å². The molecule has 0 spiro atoms. The summed E-state index contributed by atoms with van der Waals surface area (Å²) in [4.78, 5) is 15.2. The number of rotatable bonds is 8.